The summed E-state index contributed by atoms with van der Waals surface area (Å²) >= 11 is 1.32. The van der Waals surface area contributed by atoms with Gasteiger partial charge in [0.15, 0.2) is 0 Å². The van der Waals surface area contributed by atoms with Crippen molar-refractivity contribution in [1.82, 2.24) is 0 Å². The van der Waals surface area contributed by atoms with E-state index in [4.69, 9.17) is 0 Å². The van der Waals surface area contributed by atoms with Crippen LogP contribution in [0.1, 0.15) is 27.0 Å². The van der Waals surface area contributed by atoms with E-state index in [0.717, 1.165) is 10.1 Å². The van der Waals surface area contributed by atoms with Crippen molar-refractivity contribution in [2.45, 2.75) is 6.92 Å². The molecule has 3 aromatic rings. The Morgan fingerprint density at radius 2 is 1.79 bits per heavy atom. The van der Waals surface area contributed by atoms with Gasteiger partial charge in [0.1, 0.15) is 0 Å². The lowest BCUT2D eigenvalue weighted by Crippen LogP contribution is -2.27. The maximum Gasteiger partial charge on any atom is 0.337 e. The predicted octanol–water partition coefficient (Wildman–Crippen LogP) is 3.73. The van der Waals surface area contributed by atoms with Crippen molar-refractivity contribution in [3.8, 4) is 0 Å². The maximum atomic E-state index is 12.6. The molecule has 0 aliphatic rings. The fraction of sp³-hybridized carbons (Fsp3) is 0.200. The van der Waals surface area contributed by atoms with Gasteiger partial charge in [0.2, 0.25) is 10.0 Å². The van der Waals surface area contributed by atoms with E-state index < -0.39 is 16.0 Å². The molecule has 0 spiro atoms. The molecule has 1 aromatic heterocycles. The molecule has 29 heavy (non-hydrogen) atoms. The molecule has 9 heteroatoms. The van der Waals surface area contributed by atoms with E-state index in [2.05, 4.69) is 10.1 Å². The summed E-state index contributed by atoms with van der Waals surface area (Å²) in [4.78, 5) is 24.6. The molecule has 0 radical (unpaired) electrons. The summed E-state index contributed by atoms with van der Waals surface area (Å²) in [5.74, 6) is -0.723. The fourth-order valence-corrected chi connectivity index (χ4v) is 4.45. The Bertz CT molecular complexity index is 1170. The number of nitrogens with one attached hydrogen (secondary N) is 1. The monoisotopic (exact) mass is 432 g/mol. The van der Waals surface area contributed by atoms with Gasteiger partial charge < -0.3 is 10.1 Å². The first-order valence-electron chi connectivity index (χ1n) is 8.75. The second kappa shape index (κ2) is 8.22. The minimum atomic E-state index is -3.36. The average molecular weight is 433 g/mol. The van der Waals surface area contributed by atoms with Crippen LogP contribution in [0.5, 0.6) is 0 Å². The van der Waals surface area contributed by atoms with Gasteiger partial charge in [-0.2, -0.15) is 0 Å². The van der Waals surface area contributed by atoms with Crippen molar-refractivity contribution in [1.29, 1.82) is 0 Å². The first-order valence-corrected chi connectivity index (χ1v) is 11.2. The first-order chi connectivity index (χ1) is 13.7. The number of esters is 1. The van der Waals surface area contributed by atoms with Crippen LogP contribution in [0, 0.1) is 0 Å². The second-order valence-electron chi connectivity index (χ2n) is 6.22. The van der Waals surface area contributed by atoms with Crippen LogP contribution in [0.15, 0.2) is 48.5 Å². The Kier molecular flexibility index (Phi) is 5.90. The Balaban J connectivity index is 1.81. The zero-order valence-electron chi connectivity index (χ0n) is 16.1. The number of fused-ring (bicyclic) bond motifs is 1. The highest BCUT2D eigenvalue weighted by molar-refractivity contribution is 7.92. The lowest BCUT2D eigenvalue weighted by atomic mass is 10.2. The number of rotatable bonds is 6. The molecule has 0 fully saturated rings. The molecule has 2 aromatic carbocycles. The second-order valence-corrected chi connectivity index (χ2v) is 9.60. The predicted molar refractivity (Wildman–Crippen MR) is 115 cm³/mol. The Morgan fingerprint density at radius 3 is 2.41 bits per heavy atom. The lowest BCUT2D eigenvalue weighted by Gasteiger charge is -2.18. The molecule has 1 heterocycles. The minimum Gasteiger partial charge on any atom is -0.465 e. The fourth-order valence-electron chi connectivity index (χ4n) is 2.69. The Morgan fingerprint density at radius 1 is 1.10 bits per heavy atom. The summed E-state index contributed by atoms with van der Waals surface area (Å²) in [5.41, 5.74) is 1.49. The average Bonchev–Trinajstić information content (AvgIpc) is 3.16. The molecule has 0 bridgehead atoms. The summed E-state index contributed by atoms with van der Waals surface area (Å²) in [6.45, 7) is 1.59. The quantitative estimate of drug-likeness (QED) is 0.599. The van der Waals surface area contributed by atoms with E-state index in [-0.39, 0.29) is 11.7 Å². The maximum absolute atomic E-state index is 12.6. The molecular weight excluding hydrogens is 412 g/mol. The van der Waals surface area contributed by atoms with Crippen LogP contribution in [0.4, 0.5) is 11.4 Å². The Labute approximate surface area is 173 Å². The third-order valence-corrected chi connectivity index (χ3v) is 7.32. The number of thiophene rings is 1. The van der Waals surface area contributed by atoms with Gasteiger partial charge in [0.05, 0.1) is 29.0 Å². The molecule has 1 N–H and O–H groups in total. The number of methoxy groups -OCH3 is 1. The van der Waals surface area contributed by atoms with E-state index in [1.54, 1.807) is 55.5 Å². The van der Waals surface area contributed by atoms with Crippen LogP contribution in [-0.4, -0.2) is 40.2 Å². The summed E-state index contributed by atoms with van der Waals surface area (Å²) in [6.07, 6.45) is 0. The number of ether oxygens (including phenoxy) is 1. The largest absolute Gasteiger partial charge is 0.465 e. The standard InChI is InChI=1S/C20H20N2O5S2/c1-4-29(25,26)22(2)16-9-10-17-14(11-16)12-18(28-17)19(23)21-15-7-5-13(6-8-15)20(24)27-3/h5-12H,4H2,1-3H3,(H,21,23). The van der Waals surface area contributed by atoms with Gasteiger partial charge in [-0.25, -0.2) is 13.2 Å². The van der Waals surface area contributed by atoms with E-state index in [9.17, 15) is 18.0 Å². The van der Waals surface area contributed by atoms with Gasteiger partial charge in [-0.15, -0.1) is 11.3 Å². The number of hydrogen-bond donors (Lipinski definition) is 1. The summed E-state index contributed by atoms with van der Waals surface area (Å²) < 4.78 is 30.9. The zero-order valence-corrected chi connectivity index (χ0v) is 17.8. The van der Waals surface area contributed by atoms with E-state index in [1.807, 2.05) is 0 Å². The third kappa shape index (κ3) is 4.41. The highest BCUT2D eigenvalue weighted by Gasteiger charge is 2.17. The van der Waals surface area contributed by atoms with Crippen molar-refractivity contribution in [3.63, 3.8) is 0 Å². The summed E-state index contributed by atoms with van der Waals surface area (Å²) in [7, 11) is -0.540. The Hall–Kier alpha value is -2.91. The number of hydrogen-bond acceptors (Lipinski definition) is 6. The van der Waals surface area contributed by atoms with Gasteiger partial charge in [-0.1, -0.05) is 0 Å². The van der Waals surface area contributed by atoms with E-state index in [1.165, 1.54) is 29.8 Å². The molecule has 0 aliphatic carbocycles. The molecule has 0 saturated heterocycles. The van der Waals surface area contributed by atoms with Gasteiger partial charge >= 0.3 is 5.97 Å². The van der Waals surface area contributed by atoms with Crippen molar-refractivity contribution in [2.24, 2.45) is 0 Å². The molecule has 0 unspecified atom stereocenters. The third-order valence-electron chi connectivity index (χ3n) is 4.43. The van der Waals surface area contributed by atoms with Gasteiger partial charge in [-0.3, -0.25) is 9.10 Å². The van der Waals surface area contributed by atoms with Crippen LogP contribution in [0.3, 0.4) is 0 Å². The zero-order chi connectivity index (χ0) is 21.2. The molecule has 3 rings (SSSR count). The molecule has 0 saturated carbocycles. The number of nitrogens with zero attached hydrogens (tertiary/aromatic N) is 1. The number of amides is 1. The van der Waals surface area contributed by atoms with E-state index >= 15 is 0 Å². The highest BCUT2D eigenvalue weighted by Crippen LogP contribution is 2.30. The van der Waals surface area contributed by atoms with Gasteiger partial charge in [-0.05, 0) is 60.8 Å². The molecule has 0 atom stereocenters. The number of anilines is 2. The number of carbonyl (C=O) groups is 2. The smallest absolute Gasteiger partial charge is 0.337 e. The minimum absolute atomic E-state index is 0.00754. The first kappa shape index (κ1) is 20.8. The summed E-state index contributed by atoms with van der Waals surface area (Å²) in [5, 5.41) is 3.58. The highest BCUT2D eigenvalue weighted by atomic mass is 32.2. The topological polar surface area (TPSA) is 92.8 Å². The van der Waals surface area contributed by atoms with Crippen molar-refractivity contribution in [3.05, 3.63) is 59.0 Å². The van der Waals surface area contributed by atoms with Gasteiger partial charge in [0.25, 0.3) is 5.91 Å². The van der Waals surface area contributed by atoms with Crippen molar-refractivity contribution >= 4 is 54.7 Å². The van der Waals surface area contributed by atoms with Crippen LogP contribution in [0.2, 0.25) is 0 Å². The molecule has 1 amide bonds. The molecule has 0 aliphatic heterocycles. The number of carbonyl (C=O) groups excluding carboxylic acids is 2. The van der Waals surface area contributed by atoms with Crippen molar-refractivity contribution < 1.29 is 22.7 Å². The molecule has 152 valence electrons. The number of benzene rings is 2. The summed E-state index contributed by atoms with van der Waals surface area (Å²) in [6, 6.07) is 13.4. The van der Waals surface area contributed by atoms with E-state index in [0.29, 0.717) is 21.8 Å². The van der Waals surface area contributed by atoms with Crippen molar-refractivity contribution in [2.75, 3.05) is 29.5 Å². The molecule has 7 nitrogen and oxygen atoms in total. The van der Waals surface area contributed by atoms with Crippen LogP contribution in [0.25, 0.3) is 10.1 Å². The molecular formula is C20H20N2O5S2. The van der Waals surface area contributed by atoms with Crippen LogP contribution < -0.4 is 9.62 Å². The van der Waals surface area contributed by atoms with Crippen LogP contribution in [-0.2, 0) is 14.8 Å². The van der Waals surface area contributed by atoms with Gasteiger partial charge in [0, 0.05) is 17.4 Å². The SMILES string of the molecule is CCS(=O)(=O)N(C)c1ccc2sc(C(=O)Nc3ccc(C(=O)OC)cc3)cc2c1. The lowest BCUT2D eigenvalue weighted by molar-refractivity contribution is 0.0600. The number of sulfonamides is 1. The van der Waals surface area contributed by atoms with Crippen LogP contribution >= 0.6 is 11.3 Å². The normalized spacial score (nSPS) is 11.3.